The van der Waals surface area contributed by atoms with Crippen LogP contribution in [0.25, 0.3) is 0 Å². The number of hydrogen-bond donors (Lipinski definition) is 2. The molecule has 2 saturated heterocycles. The number of para-hydroxylation sites is 2. The molecule has 2 N–H and O–H groups in total. The van der Waals surface area contributed by atoms with Gasteiger partial charge in [0.25, 0.3) is 0 Å². The first-order valence-electron chi connectivity index (χ1n) is 8.72. The van der Waals surface area contributed by atoms with Gasteiger partial charge in [-0.05, 0) is 26.0 Å². The van der Waals surface area contributed by atoms with Crippen molar-refractivity contribution in [2.45, 2.75) is 38.5 Å². The number of rotatable bonds is 4. The topological polar surface area (TPSA) is 53.6 Å². The molecule has 148 valence electrons. The Labute approximate surface area is 172 Å². The summed E-state index contributed by atoms with van der Waals surface area (Å²) in [4.78, 5) is 14.7. The van der Waals surface area contributed by atoms with E-state index < -0.39 is 0 Å². The average molecular weight is 422 g/mol. The first-order valence-corrected chi connectivity index (χ1v) is 9.87. The third-order valence-electron chi connectivity index (χ3n) is 4.37. The predicted octanol–water partition coefficient (Wildman–Crippen LogP) is 3.18. The first-order chi connectivity index (χ1) is 11.6. The van der Waals surface area contributed by atoms with Crippen LogP contribution in [-0.2, 0) is 9.53 Å². The Morgan fingerprint density at radius 3 is 2.62 bits per heavy atom. The molecular formula is C18H29Cl2N3O2S. The minimum atomic E-state index is 0. The highest BCUT2D eigenvalue weighted by Crippen LogP contribution is 2.28. The van der Waals surface area contributed by atoms with Gasteiger partial charge < -0.3 is 20.3 Å². The molecule has 3 rings (SSSR count). The number of ether oxygens (including phenoxy) is 1. The molecule has 0 bridgehead atoms. The number of halogens is 2. The van der Waals surface area contributed by atoms with Crippen LogP contribution in [0.1, 0.15) is 20.3 Å². The number of anilines is 2. The van der Waals surface area contributed by atoms with E-state index in [-0.39, 0.29) is 49.0 Å². The lowest BCUT2D eigenvalue weighted by Crippen LogP contribution is -2.45. The highest BCUT2D eigenvalue weighted by Gasteiger charge is 2.24. The van der Waals surface area contributed by atoms with Crippen molar-refractivity contribution in [1.29, 1.82) is 0 Å². The maximum absolute atomic E-state index is 12.4. The van der Waals surface area contributed by atoms with Crippen molar-refractivity contribution in [2.24, 2.45) is 0 Å². The van der Waals surface area contributed by atoms with E-state index in [2.05, 4.69) is 35.4 Å². The Hall–Kier alpha value is -0.660. The number of nitrogens with one attached hydrogen (secondary N) is 2. The molecule has 26 heavy (non-hydrogen) atoms. The van der Waals surface area contributed by atoms with Gasteiger partial charge in [0, 0.05) is 43.6 Å². The molecule has 8 heteroatoms. The number of hydrogen-bond acceptors (Lipinski definition) is 5. The van der Waals surface area contributed by atoms with Crippen LogP contribution in [-0.4, -0.2) is 55.3 Å². The van der Waals surface area contributed by atoms with Crippen LogP contribution in [0.4, 0.5) is 11.4 Å². The van der Waals surface area contributed by atoms with E-state index >= 15 is 0 Å². The second-order valence-electron chi connectivity index (χ2n) is 6.66. The van der Waals surface area contributed by atoms with Crippen molar-refractivity contribution in [1.82, 2.24) is 5.32 Å². The third kappa shape index (κ3) is 6.50. The second-order valence-corrected chi connectivity index (χ2v) is 7.81. The van der Waals surface area contributed by atoms with Crippen LogP contribution in [0.2, 0.25) is 0 Å². The SMILES string of the molecule is CC1CN(c2ccccc2NC(=O)CC2CSCCN2)CC(C)O1.Cl.Cl. The van der Waals surface area contributed by atoms with Crippen molar-refractivity contribution in [3.63, 3.8) is 0 Å². The monoisotopic (exact) mass is 421 g/mol. The number of benzene rings is 1. The lowest BCUT2D eigenvalue weighted by atomic mass is 10.1. The van der Waals surface area contributed by atoms with Crippen LogP contribution >= 0.6 is 36.6 Å². The maximum atomic E-state index is 12.4. The molecule has 0 radical (unpaired) electrons. The number of nitrogens with zero attached hydrogens (tertiary/aromatic N) is 1. The zero-order valence-corrected chi connectivity index (χ0v) is 17.7. The minimum Gasteiger partial charge on any atom is -0.372 e. The van der Waals surface area contributed by atoms with Crippen LogP contribution in [0.3, 0.4) is 0 Å². The zero-order valence-electron chi connectivity index (χ0n) is 15.3. The fourth-order valence-corrected chi connectivity index (χ4v) is 4.35. The molecule has 2 heterocycles. The number of thioether (sulfide) groups is 1. The Morgan fingerprint density at radius 1 is 1.27 bits per heavy atom. The highest BCUT2D eigenvalue weighted by molar-refractivity contribution is 7.99. The number of carbonyl (C=O) groups is 1. The van der Waals surface area contributed by atoms with E-state index in [0.29, 0.717) is 6.42 Å². The molecule has 3 unspecified atom stereocenters. The van der Waals surface area contributed by atoms with Crippen molar-refractivity contribution in [3.8, 4) is 0 Å². The molecule has 0 saturated carbocycles. The van der Waals surface area contributed by atoms with Gasteiger partial charge in [0.05, 0.1) is 23.6 Å². The Balaban J connectivity index is 0.00000169. The van der Waals surface area contributed by atoms with Crippen LogP contribution in [0.5, 0.6) is 0 Å². The average Bonchev–Trinajstić information content (AvgIpc) is 2.55. The molecule has 0 aromatic heterocycles. The van der Waals surface area contributed by atoms with Crippen molar-refractivity contribution >= 4 is 53.9 Å². The summed E-state index contributed by atoms with van der Waals surface area (Å²) in [5.74, 6) is 2.22. The molecule has 0 spiro atoms. The van der Waals surface area contributed by atoms with Crippen LogP contribution < -0.4 is 15.5 Å². The first kappa shape index (κ1) is 23.4. The van der Waals surface area contributed by atoms with Gasteiger partial charge in [-0.2, -0.15) is 11.8 Å². The van der Waals surface area contributed by atoms with Gasteiger partial charge in [0.1, 0.15) is 0 Å². The standard InChI is InChI=1S/C18H27N3O2S.2ClH/c1-13-10-21(11-14(2)23-13)17-6-4-3-5-16(17)20-18(22)9-15-12-24-8-7-19-15;;/h3-6,13-15,19H,7-12H2,1-2H3,(H,20,22);2*1H. The van der Waals surface area contributed by atoms with Gasteiger partial charge in [-0.25, -0.2) is 0 Å². The van der Waals surface area contributed by atoms with Gasteiger partial charge in [0.15, 0.2) is 0 Å². The summed E-state index contributed by atoms with van der Waals surface area (Å²) in [5.41, 5.74) is 1.98. The van der Waals surface area contributed by atoms with Gasteiger partial charge >= 0.3 is 0 Å². The minimum absolute atomic E-state index is 0. The number of amides is 1. The Bertz CT molecular complexity index is 563. The largest absolute Gasteiger partial charge is 0.372 e. The molecule has 5 nitrogen and oxygen atoms in total. The van der Waals surface area contributed by atoms with E-state index in [1.54, 1.807) is 0 Å². The summed E-state index contributed by atoms with van der Waals surface area (Å²) < 4.78 is 5.82. The summed E-state index contributed by atoms with van der Waals surface area (Å²) in [6.07, 6.45) is 0.916. The summed E-state index contributed by atoms with van der Waals surface area (Å²) >= 11 is 1.91. The molecule has 1 amide bonds. The second kappa shape index (κ2) is 11.2. The summed E-state index contributed by atoms with van der Waals surface area (Å²) in [5, 5.41) is 6.53. The Morgan fingerprint density at radius 2 is 1.96 bits per heavy atom. The fourth-order valence-electron chi connectivity index (χ4n) is 3.41. The molecule has 1 aromatic carbocycles. The van der Waals surface area contributed by atoms with Crippen molar-refractivity contribution < 1.29 is 9.53 Å². The van der Waals surface area contributed by atoms with Crippen LogP contribution in [0.15, 0.2) is 24.3 Å². The van der Waals surface area contributed by atoms with Crippen LogP contribution in [0, 0.1) is 0 Å². The normalized spacial score (nSPS) is 25.6. The quantitative estimate of drug-likeness (QED) is 0.781. The Kier molecular flexibility index (Phi) is 10.1. The van der Waals surface area contributed by atoms with E-state index in [9.17, 15) is 4.79 Å². The van der Waals surface area contributed by atoms with E-state index in [1.807, 2.05) is 30.0 Å². The highest BCUT2D eigenvalue weighted by atomic mass is 35.5. The zero-order chi connectivity index (χ0) is 16.9. The molecule has 2 aliphatic heterocycles. The molecule has 3 atom stereocenters. The molecule has 2 aliphatic rings. The van der Waals surface area contributed by atoms with Crippen molar-refractivity contribution in [2.75, 3.05) is 41.4 Å². The lowest BCUT2D eigenvalue weighted by Gasteiger charge is -2.37. The molecular weight excluding hydrogens is 393 g/mol. The van der Waals surface area contributed by atoms with Gasteiger partial charge in [-0.3, -0.25) is 4.79 Å². The molecule has 0 aliphatic carbocycles. The molecule has 2 fully saturated rings. The third-order valence-corrected chi connectivity index (χ3v) is 5.50. The smallest absolute Gasteiger partial charge is 0.226 e. The number of morpholine rings is 1. The summed E-state index contributed by atoms with van der Waals surface area (Å²) in [7, 11) is 0. The summed E-state index contributed by atoms with van der Waals surface area (Å²) in [6.45, 7) is 6.87. The van der Waals surface area contributed by atoms with Gasteiger partial charge in [-0.1, -0.05) is 12.1 Å². The van der Waals surface area contributed by atoms with Crippen molar-refractivity contribution in [3.05, 3.63) is 24.3 Å². The summed E-state index contributed by atoms with van der Waals surface area (Å²) in [6, 6.07) is 8.34. The lowest BCUT2D eigenvalue weighted by molar-refractivity contribution is -0.116. The van der Waals surface area contributed by atoms with E-state index in [1.165, 1.54) is 0 Å². The number of carbonyl (C=O) groups excluding carboxylic acids is 1. The van der Waals surface area contributed by atoms with Gasteiger partial charge in [-0.15, -0.1) is 24.8 Å². The van der Waals surface area contributed by atoms with E-state index in [0.717, 1.165) is 42.5 Å². The van der Waals surface area contributed by atoms with Gasteiger partial charge in [0.2, 0.25) is 5.91 Å². The maximum Gasteiger partial charge on any atom is 0.226 e. The predicted molar refractivity (Wildman–Crippen MR) is 116 cm³/mol. The molecule has 1 aromatic rings. The fraction of sp³-hybridized carbons (Fsp3) is 0.611. The van der Waals surface area contributed by atoms with E-state index in [4.69, 9.17) is 4.74 Å².